The van der Waals surface area contributed by atoms with E-state index in [0.717, 1.165) is 21.9 Å². The third-order valence-electron chi connectivity index (χ3n) is 5.76. The van der Waals surface area contributed by atoms with Crippen LogP contribution in [-0.4, -0.2) is 16.8 Å². The zero-order chi connectivity index (χ0) is 22.4. The number of aliphatic hydroxyl groups is 1. The number of hydrogen-bond donors (Lipinski definition) is 1. The molecule has 1 unspecified atom stereocenters. The Hall–Kier alpha value is -4.12. The average molecular weight is 423 g/mol. The lowest BCUT2D eigenvalue weighted by Gasteiger charge is -2.24. The fourth-order valence-electron chi connectivity index (χ4n) is 4.40. The van der Waals surface area contributed by atoms with Crippen LogP contribution in [0.15, 0.2) is 89.0 Å². The Labute approximate surface area is 185 Å². The van der Waals surface area contributed by atoms with Crippen molar-refractivity contribution in [2.24, 2.45) is 0 Å². The molecule has 1 aliphatic rings. The first-order chi connectivity index (χ1) is 15.4. The molecular formula is C27H21NO4. The van der Waals surface area contributed by atoms with E-state index in [2.05, 4.69) is 0 Å². The molecule has 0 bridgehead atoms. The maximum atomic E-state index is 13.2. The van der Waals surface area contributed by atoms with Crippen molar-refractivity contribution >= 4 is 33.9 Å². The van der Waals surface area contributed by atoms with Gasteiger partial charge in [-0.3, -0.25) is 14.5 Å². The largest absolute Gasteiger partial charge is 0.507 e. The second-order valence-electron chi connectivity index (χ2n) is 8.09. The standard InChI is InChI=1S/C27H21NO4/c1-16-12-17(2)14-21(13-16)28-24(22-8-5-11-32-22)23(26(30)27(28)31)25(29)20-10-9-18-6-3-4-7-19(18)15-20/h3-15,24,29H,1-2H3/b25-23-. The van der Waals surface area contributed by atoms with E-state index in [1.807, 2.05) is 68.4 Å². The molecule has 32 heavy (non-hydrogen) atoms. The molecular weight excluding hydrogens is 402 g/mol. The van der Waals surface area contributed by atoms with Gasteiger partial charge in [-0.2, -0.15) is 0 Å². The highest BCUT2D eigenvalue weighted by Gasteiger charge is 2.48. The van der Waals surface area contributed by atoms with Gasteiger partial charge < -0.3 is 9.52 Å². The molecule has 158 valence electrons. The van der Waals surface area contributed by atoms with Crippen molar-refractivity contribution in [2.75, 3.05) is 4.90 Å². The Morgan fingerprint density at radius 3 is 2.28 bits per heavy atom. The number of fused-ring (bicyclic) bond motifs is 1. The topological polar surface area (TPSA) is 70.8 Å². The summed E-state index contributed by atoms with van der Waals surface area (Å²) in [6.07, 6.45) is 1.49. The van der Waals surface area contributed by atoms with Gasteiger partial charge in [-0.25, -0.2) is 0 Å². The highest BCUT2D eigenvalue weighted by Crippen LogP contribution is 2.42. The average Bonchev–Trinajstić information content (AvgIpc) is 3.39. The molecule has 1 fully saturated rings. The first kappa shape index (κ1) is 19.8. The van der Waals surface area contributed by atoms with Crippen molar-refractivity contribution in [1.82, 2.24) is 0 Å². The molecule has 5 rings (SSSR count). The zero-order valence-corrected chi connectivity index (χ0v) is 17.7. The molecule has 0 saturated carbocycles. The lowest BCUT2D eigenvalue weighted by molar-refractivity contribution is -0.132. The number of aryl methyl sites for hydroxylation is 2. The van der Waals surface area contributed by atoms with Crippen LogP contribution in [0.3, 0.4) is 0 Å². The summed E-state index contributed by atoms with van der Waals surface area (Å²) in [6.45, 7) is 3.87. The maximum Gasteiger partial charge on any atom is 0.300 e. The van der Waals surface area contributed by atoms with E-state index >= 15 is 0 Å². The summed E-state index contributed by atoms with van der Waals surface area (Å²) < 4.78 is 5.62. The molecule has 1 aromatic heterocycles. The summed E-state index contributed by atoms with van der Waals surface area (Å²) in [5.41, 5.74) is 3.01. The summed E-state index contributed by atoms with van der Waals surface area (Å²) in [5, 5.41) is 13.2. The van der Waals surface area contributed by atoms with Gasteiger partial charge in [0.05, 0.1) is 11.8 Å². The summed E-state index contributed by atoms with van der Waals surface area (Å²) >= 11 is 0. The number of carbonyl (C=O) groups excluding carboxylic acids is 2. The Morgan fingerprint density at radius 1 is 0.875 bits per heavy atom. The monoisotopic (exact) mass is 423 g/mol. The second-order valence-corrected chi connectivity index (χ2v) is 8.09. The number of anilines is 1. The summed E-state index contributed by atoms with van der Waals surface area (Å²) in [5.74, 6) is -1.25. The van der Waals surface area contributed by atoms with Crippen molar-refractivity contribution in [2.45, 2.75) is 19.9 Å². The maximum absolute atomic E-state index is 13.2. The molecule has 1 atom stereocenters. The fourth-order valence-corrected chi connectivity index (χ4v) is 4.40. The third kappa shape index (κ3) is 3.19. The van der Waals surface area contributed by atoms with Crippen LogP contribution in [0.2, 0.25) is 0 Å². The van der Waals surface area contributed by atoms with Crippen LogP contribution >= 0.6 is 0 Å². The number of amides is 1. The van der Waals surface area contributed by atoms with Crippen LogP contribution in [0.25, 0.3) is 16.5 Å². The number of benzene rings is 3. The Morgan fingerprint density at radius 2 is 1.59 bits per heavy atom. The van der Waals surface area contributed by atoms with Gasteiger partial charge in [0, 0.05) is 11.3 Å². The van der Waals surface area contributed by atoms with Crippen molar-refractivity contribution in [3.05, 3.63) is 107 Å². The van der Waals surface area contributed by atoms with E-state index in [1.54, 1.807) is 18.2 Å². The number of aliphatic hydroxyl groups excluding tert-OH is 1. The molecule has 0 spiro atoms. The number of Topliss-reactive ketones (excluding diaryl/α,β-unsaturated/α-hetero) is 1. The van der Waals surface area contributed by atoms with Crippen LogP contribution < -0.4 is 4.90 Å². The number of carbonyl (C=O) groups is 2. The summed E-state index contributed by atoms with van der Waals surface area (Å²) in [4.78, 5) is 27.8. The zero-order valence-electron chi connectivity index (χ0n) is 17.7. The molecule has 5 heteroatoms. The minimum absolute atomic E-state index is 0.0133. The van der Waals surface area contributed by atoms with Gasteiger partial charge in [0.25, 0.3) is 11.7 Å². The van der Waals surface area contributed by atoms with Gasteiger partial charge in [-0.05, 0) is 66.1 Å². The number of hydrogen-bond acceptors (Lipinski definition) is 4. The molecule has 0 radical (unpaired) electrons. The minimum atomic E-state index is -0.863. The molecule has 1 aliphatic heterocycles. The van der Waals surface area contributed by atoms with Gasteiger partial charge in [0.1, 0.15) is 17.6 Å². The molecule has 2 heterocycles. The van der Waals surface area contributed by atoms with Crippen molar-refractivity contribution in [1.29, 1.82) is 0 Å². The first-order valence-electron chi connectivity index (χ1n) is 10.4. The van der Waals surface area contributed by atoms with Crippen LogP contribution in [0.1, 0.15) is 28.5 Å². The van der Waals surface area contributed by atoms with Crippen molar-refractivity contribution in [3.63, 3.8) is 0 Å². The molecule has 0 aliphatic carbocycles. The Bertz CT molecular complexity index is 1380. The van der Waals surface area contributed by atoms with Crippen LogP contribution in [0.4, 0.5) is 5.69 Å². The number of ketones is 1. The third-order valence-corrected chi connectivity index (χ3v) is 5.76. The predicted molar refractivity (Wildman–Crippen MR) is 123 cm³/mol. The number of furan rings is 1. The van der Waals surface area contributed by atoms with Crippen molar-refractivity contribution < 1.29 is 19.1 Å². The number of rotatable bonds is 3. The van der Waals surface area contributed by atoms with E-state index in [0.29, 0.717) is 17.0 Å². The first-order valence-corrected chi connectivity index (χ1v) is 10.4. The normalized spacial score (nSPS) is 17.9. The molecule has 1 N–H and O–H groups in total. The van der Waals surface area contributed by atoms with Crippen molar-refractivity contribution in [3.8, 4) is 0 Å². The molecule has 3 aromatic carbocycles. The van der Waals surface area contributed by atoms with E-state index in [4.69, 9.17) is 4.42 Å². The molecule has 4 aromatic rings. The van der Waals surface area contributed by atoms with Gasteiger partial charge >= 0.3 is 0 Å². The van der Waals surface area contributed by atoms with Gasteiger partial charge in [0.15, 0.2) is 0 Å². The smallest absolute Gasteiger partial charge is 0.300 e. The van der Waals surface area contributed by atoms with Gasteiger partial charge in [-0.15, -0.1) is 0 Å². The predicted octanol–water partition coefficient (Wildman–Crippen LogP) is 5.68. The van der Waals surface area contributed by atoms with Crippen LogP contribution in [0.5, 0.6) is 0 Å². The van der Waals surface area contributed by atoms with Crippen LogP contribution in [0, 0.1) is 13.8 Å². The second kappa shape index (κ2) is 7.54. The van der Waals surface area contributed by atoms with Gasteiger partial charge in [-0.1, -0.05) is 42.5 Å². The lowest BCUT2D eigenvalue weighted by atomic mass is 9.97. The van der Waals surface area contributed by atoms with E-state index < -0.39 is 17.7 Å². The quantitative estimate of drug-likeness (QED) is 0.262. The van der Waals surface area contributed by atoms with Crippen LogP contribution in [-0.2, 0) is 9.59 Å². The van der Waals surface area contributed by atoms with E-state index in [1.165, 1.54) is 11.2 Å². The molecule has 1 saturated heterocycles. The number of nitrogens with zero attached hydrogens (tertiary/aromatic N) is 1. The van der Waals surface area contributed by atoms with E-state index in [9.17, 15) is 14.7 Å². The fraction of sp³-hybridized carbons (Fsp3) is 0.111. The van der Waals surface area contributed by atoms with E-state index in [-0.39, 0.29) is 11.3 Å². The highest BCUT2D eigenvalue weighted by molar-refractivity contribution is 6.51. The Kier molecular flexibility index (Phi) is 4.67. The highest BCUT2D eigenvalue weighted by atomic mass is 16.3. The summed E-state index contributed by atoms with van der Waals surface area (Å²) in [7, 11) is 0. The molecule has 5 nitrogen and oxygen atoms in total. The minimum Gasteiger partial charge on any atom is -0.507 e. The SMILES string of the molecule is Cc1cc(C)cc(N2C(=O)C(=O)/C(=C(\O)c3ccc4ccccc4c3)C2c2ccco2)c1. The summed E-state index contributed by atoms with van der Waals surface area (Å²) in [6, 6.07) is 21.4. The molecule has 1 amide bonds. The Balaban J connectivity index is 1.72. The lowest BCUT2D eigenvalue weighted by Crippen LogP contribution is -2.29. The van der Waals surface area contributed by atoms with Gasteiger partial charge in [0.2, 0.25) is 0 Å².